The zero-order chi connectivity index (χ0) is 18.8. The van der Waals surface area contributed by atoms with E-state index in [1.165, 1.54) is 16.8 Å². The summed E-state index contributed by atoms with van der Waals surface area (Å²) in [7, 11) is 1.98. The lowest BCUT2D eigenvalue weighted by atomic mass is 10.1. The van der Waals surface area contributed by atoms with Gasteiger partial charge in [-0.3, -0.25) is 4.79 Å². The average Bonchev–Trinajstić information content (AvgIpc) is 3.21. The van der Waals surface area contributed by atoms with Crippen LogP contribution in [0, 0.1) is 12.7 Å². The molecule has 1 aromatic carbocycles. The molecule has 4 rings (SSSR count). The second kappa shape index (κ2) is 5.89. The Morgan fingerprint density at radius 2 is 1.85 bits per heavy atom. The van der Waals surface area contributed by atoms with Crippen LogP contribution in [0.15, 0.2) is 17.1 Å². The predicted octanol–water partition coefficient (Wildman–Crippen LogP) is 3.43. The van der Waals surface area contributed by atoms with Crippen LogP contribution in [0.5, 0.6) is 0 Å². The Morgan fingerprint density at radius 3 is 2.42 bits per heavy atom. The van der Waals surface area contributed by atoms with Gasteiger partial charge in [-0.05, 0) is 20.0 Å². The van der Waals surface area contributed by atoms with Crippen LogP contribution in [0.2, 0.25) is 5.02 Å². The Labute approximate surface area is 153 Å². The van der Waals surface area contributed by atoms with Crippen molar-refractivity contribution in [3.05, 3.63) is 38.9 Å². The summed E-state index contributed by atoms with van der Waals surface area (Å²) in [5.41, 5.74) is 0.0169. The van der Waals surface area contributed by atoms with Crippen LogP contribution in [0.3, 0.4) is 0 Å². The highest BCUT2D eigenvalue weighted by atomic mass is 35.5. The maximum absolute atomic E-state index is 15.5. The van der Waals surface area contributed by atoms with E-state index in [2.05, 4.69) is 4.90 Å². The van der Waals surface area contributed by atoms with Crippen molar-refractivity contribution in [1.29, 1.82) is 0 Å². The van der Waals surface area contributed by atoms with Gasteiger partial charge in [-0.15, -0.1) is 0 Å². The van der Waals surface area contributed by atoms with E-state index in [4.69, 9.17) is 11.6 Å². The van der Waals surface area contributed by atoms with Gasteiger partial charge in [0.05, 0.1) is 21.6 Å². The van der Waals surface area contributed by atoms with Gasteiger partial charge in [-0.2, -0.15) is 0 Å². The summed E-state index contributed by atoms with van der Waals surface area (Å²) in [5, 5.41) is 0.185. The molecule has 2 aliphatic rings. The molecule has 2 fully saturated rings. The number of aryl methyl sites for hydroxylation is 1. The highest BCUT2D eigenvalue weighted by Crippen LogP contribution is 2.53. The maximum atomic E-state index is 15.5. The number of halogens is 4. The van der Waals surface area contributed by atoms with Crippen molar-refractivity contribution >= 4 is 28.2 Å². The maximum Gasteiger partial charge on any atom is 0.270 e. The van der Waals surface area contributed by atoms with Crippen molar-refractivity contribution < 1.29 is 13.2 Å². The summed E-state index contributed by atoms with van der Waals surface area (Å²) in [6, 6.07) is 0.292. The number of aromatic nitrogens is 1. The van der Waals surface area contributed by atoms with Crippen LogP contribution in [0.25, 0.3) is 10.9 Å². The zero-order valence-corrected chi connectivity index (χ0v) is 15.3. The summed E-state index contributed by atoms with van der Waals surface area (Å²) >= 11 is 6.31. The highest BCUT2D eigenvalue weighted by Gasteiger charge is 2.58. The lowest BCUT2D eigenvalue weighted by Crippen LogP contribution is -2.45. The molecule has 26 heavy (non-hydrogen) atoms. The van der Waals surface area contributed by atoms with Crippen molar-refractivity contribution in [2.45, 2.75) is 25.3 Å². The summed E-state index contributed by atoms with van der Waals surface area (Å²) in [6.07, 6.45) is 0.983. The van der Waals surface area contributed by atoms with Gasteiger partial charge in [0, 0.05) is 44.4 Å². The van der Waals surface area contributed by atoms with E-state index in [1.54, 1.807) is 6.92 Å². The number of nitrogens with zero attached hydrogens (tertiary/aromatic N) is 3. The fourth-order valence-electron chi connectivity index (χ4n) is 3.63. The quantitative estimate of drug-likeness (QED) is 0.793. The summed E-state index contributed by atoms with van der Waals surface area (Å²) in [5.74, 6) is -3.58. The summed E-state index contributed by atoms with van der Waals surface area (Å²) in [6.45, 7) is 4.19. The monoisotopic (exact) mass is 385 g/mol. The van der Waals surface area contributed by atoms with E-state index < -0.39 is 17.8 Å². The van der Waals surface area contributed by atoms with Crippen LogP contribution < -0.4 is 10.3 Å². The number of fused-ring (bicyclic) bond motifs is 1. The number of likely N-dealkylation sites (N-methyl/N-ethyl adjacent to an activating group) is 1. The number of anilines is 1. The Morgan fingerprint density at radius 1 is 1.23 bits per heavy atom. The molecule has 8 heteroatoms. The third kappa shape index (κ3) is 2.68. The third-order valence-electron chi connectivity index (χ3n) is 5.31. The number of alkyl halides is 2. The first kappa shape index (κ1) is 17.7. The fourth-order valence-corrected chi connectivity index (χ4v) is 3.95. The van der Waals surface area contributed by atoms with Crippen molar-refractivity contribution in [3.8, 4) is 0 Å². The van der Waals surface area contributed by atoms with Crippen LogP contribution in [0.4, 0.5) is 18.9 Å². The Kier molecular flexibility index (Phi) is 4.00. The molecule has 1 saturated carbocycles. The number of pyridine rings is 1. The summed E-state index contributed by atoms with van der Waals surface area (Å²) in [4.78, 5) is 16.4. The molecule has 1 unspecified atom stereocenters. The Hall–Kier alpha value is -1.73. The normalized spacial score (nSPS) is 22.8. The minimum absolute atomic E-state index is 0.0491. The first-order valence-corrected chi connectivity index (χ1v) is 8.93. The van der Waals surface area contributed by atoms with Gasteiger partial charge in [-0.25, -0.2) is 13.2 Å². The van der Waals surface area contributed by atoms with Crippen molar-refractivity contribution in [2.24, 2.45) is 0 Å². The number of benzene rings is 1. The minimum Gasteiger partial charge on any atom is -0.365 e. The summed E-state index contributed by atoms with van der Waals surface area (Å²) < 4.78 is 44.1. The van der Waals surface area contributed by atoms with Crippen molar-refractivity contribution in [3.63, 3.8) is 0 Å². The van der Waals surface area contributed by atoms with Gasteiger partial charge in [0.25, 0.3) is 5.92 Å². The third-order valence-corrected chi connectivity index (χ3v) is 5.60. The Bertz CT molecular complexity index is 951. The standard InChI is InChI=1S/C18H19ClF3N3O/c1-10-9-25(13-8-18(13,21)22)15-11(17(10)26)7-12(19)16(14(15)20)24-5-3-23(2)4-6-24/h7,9,13H,3-6,8H2,1-2H3. The minimum atomic E-state index is -2.88. The van der Waals surface area contributed by atoms with E-state index in [1.807, 2.05) is 11.9 Å². The molecular formula is C18H19ClF3N3O. The zero-order valence-electron chi connectivity index (χ0n) is 14.5. The molecule has 2 heterocycles. The molecule has 140 valence electrons. The molecule has 0 spiro atoms. The largest absolute Gasteiger partial charge is 0.365 e. The molecule has 0 bridgehead atoms. The molecule has 4 nitrogen and oxygen atoms in total. The fraction of sp³-hybridized carbons (Fsp3) is 0.500. The number of hydrogen-bond acceptors (Lipinski definition) is 3. The number of hydrogen-bond donors (Lipinski definition) is 0. The van der Waals surface area contributed by atoms with Crippen LogP contribution >= 0.6 is 11.6 Å². The van der Waals surface area contributed by atoms with Gasteiger partial charge in [0.15, 0.2) is 11.2 Å². The van der Waals surface area contributed by atoms with Gasteiger partial charge in [0.2, 0.25) is 0 Å². The Balaban J connectivity index is 1.95. The van der Waals surface area contributed by atoms with Gasteiger partial charge in [-0.1, -0.05) is 11.6 Å². The van der Waals surface area contributed by atoms with E-state index in [0.29, 0.717) is 18.7 Å². The molecule has 1 aromatic heterocycles. The van der Waals surface area contributed by atoms with E-state index in [9.17, 15) is 13.6 Å². The predicted molar refractivity (Wildman–Crippen MR) is 96.2 cm³/mol. The van der Waals surface area contributed by atoms with E-state index >= 15 is 4.39 Å². The lowest BCUT2D eigenvalue weighted by molar-refractivity contribution is 0.101. The lowest BCUT2D eigenvalue weighted by Gasteiger charge is -2.35. The second-order valence-corrected chi connectivity index (χ2v) is 7.64. The molecule has 1 aliphatic heterocycles. The molecule has 1 atom stereocenters. The van der Waals surface area contributed by atoms with Crippen LogP contribution in [-0.2, 0) is 0 Å². The second-order valence-electron chi connectivity index (χ2n) is 7.24. The first-order chi connectivity index (χ1) is 12.2. The topological polar surface area (TPSA) is 28.5 Å². The smallest absolute Gasteiger partial charge is 0.270 e. The molecule has 1 saturated heterocycles. The van der Waals surface area contributed by atoms with Crippen molar-refractivity contribution in [1.82, 2.24) is 9.47 Å². The van der Waals surface area contributed by atoms with Crippen LogP contribution in [0.1, 0.15) is 18.0 Å². The van der Waals surface area contributed by atoms with Crippen molar-refractivity contribution in [2.75, 3.05) is 38.1 Å². The molecule has 0 radical (unpaired) electrons. The highest BCUT2D eigenvalue weighted by molar-refractivity contribution is 6.34. The SMILES string of the molecule is Cc1cn(C2CC2(F)F)c2c(F)c(N3CCN(C)CC3)c(Cl)cc2c1=O. The van der Waals surface area contributed by atoms with Gasteiger partial charge in [0.1, 0.15) is 6.04 Å². The number of rotatable bonds is 2. The molecule has 1 aliphatic carbocycles. The van der Waals surface area contributed by atoms with Crippen LogP contribution in [-0.4, -0.2) is 48.6 Å². The molecule has 0 N–H and O–H groups in total. The van der Waals surface area contributed by atoms with Gasteiger partial charge < -0.3 is 14.4 Å². The van der Waals surface area contributed by atoms with E-state index in [-0.39, 0.29) is 33.5 Å². The van der Waals surface area contributed by atoms with Gasteiger partial charge >= 0.3 is 0 Å². The number of piperazine rings is 1. The average molecular weight is 386 g/mol. The first-order valence-electron chi connectivity index (χ1n) is 8.55. The molecular weight excluding hydrogens is 367 g/mol. The molecule has 2 aromatic rings. The van der Waals surface area contributed by atoms with E-state index in [0.717, 1.165) is 13.1 Å². The molecule has 0 amide bonds.